The second-order valence-electron chi connectivity index (χ2n) is 7.27. The molecule has 0 atom stereocenters. The van der Waals surface area contributed by atoms with Crippen molar-refractivity contribution in [3.8, 4) is 0 Å². The van der Waals surface area contributed by atoms with E-state index >= 15 is 0 Å². The zero-order valence-electron chi connectivity index (χ0n) is 16.1. The summed E-state index contributed by atoms with van der Waals surface area (Å²) in [6.45, 7) is 2.62. The summed E-state index contributed by atoms with van der Waals surface area (Å²) in [4.78, 5) is 28.5. The lowest BCUT2D eigenvalue weighted by Crippen LogP contribution is -2.49. The molecule has 1 aliphatic rings. The number of nitrogens with zero attached hydrogens (tertiary/aromatic N) is 3. The monoisotopic (exact) mass is 419 g/mol. The number of carbonyl (C=O) groups excluding carboxylic acids is 1. The molecule has 0 N–H and O–H groups in total. The fourth-order valence-electron chi connectivity index (χ4n) is 3.61. The van der Waals surface area contributed by atoms with Crippen molar-refractivity contribution in [1.82, 2.24) is 14.4 Å². The first-order chi connectivity index (χ1) is 14.3. The molecule has 0 bridgehead atoms. The lowest BCUT2D eigenvalue weighted by molar-refractivity contribution is -0.137. The molecule has 0 aliphatic carbocycles. The predicted octanol–water partition coefficient (Wildman–Crippen LogP) is 2.96. The Morgan fingerprint density at radius 2 is 1.63 bits per heavy atom. The molecule has 9 heteroatoms. The molecule has 0 radical (unpaired) electrons. The predicted molar refractivity (Wildman–Crippen MR) is 104 cm³/mol. The van der Waals surface area contributed by atoms with Gasteiger partial charge in [0.05, 0.1) is 11.1 Å². The summed E-state index contributed by atoms with van der Waals surface area (Å²) >= 11 is 0. The van der Waals surface area contributed by atoms with Gasteiger partial charge in [-0.2, -0.15) is 13.2 Å². The third-order valence-corrected chi connectivity index (χ3v) is 5.28. The summed E-state index contributed by atoms with van der Waals surface area (Å²) in [5, 5.41) is 0. The van der Waals surface area contributed by atoms with Gasteiger partial charge in [0.25, 0.3) is 0 Å². The molecule has 158 valence electrons. The zero-order chi connectivity index (χ0) is 21.3. The number of carbonyl (C=O) groups is 1. The van der Waals surface area contributed by atoms with Crippen molar-refractivity contribution in [3.05, 3.63) is 70.2 Å². The number of rotatable bonds is 4. The molecule has 30 heavy (non-hydrogen) atoms. The summed E-state index contributed by atoms with van der Waals surface area (Å²) in [7, 11) is 0. The fourth-order valence-corrected chi connectivity index (χ4v) is 3.61. The third-order valence-electron chi connectivity index (χ3n) is 5.28. The van der Waals surface area contributed by atoms with Crippen LogP contribution in [0, 0.1) is 0 Å². The van der Waals surface area contributed by atoms with Crippen molar-refractivity contribution >= 4 is 17.0 Å². The van der Waals surface area contributed by atoms with Crippen molar-refractivity contribution in [2.24, 2.45) is 0 Å². The molecule has 1 aromatic heterocycles. The van der Waals surface area contributed by atoms with Gasteiger partial charge < -0.3 is 9.32 Å². The number of oxazole rings is 1. The Kier molecular flexibility index (Phi) is 5.38. The molecular formula is C21H20F3N3O3. The minimum atomic E-state index is -4.34. The van der Waals surface area contributed by atoms with E-state index in [1.807, 2.05) is 0 Å². The highest BCUT2D eigenvalue weighted by Gasteiger charge is 2.30. The van der Waals surface area contributed by atoms with Crippen LogP contribution in [0.15, 0.2) is 57.7 Å². The van der Waals surface area contributed by atoms with Gasteiger partial charge in [-0.1, -0.05) is 24.3 Å². The van der Waals surface area contributed by atoms with E-state index in [-0.39, 0.29) is 12.5 Å². The summed E-state index contributed by atoms with van der Waals surface area (Å²) in [6.07, 6.45) is -4.34. The van der Waals surface area contributed by atoms with E-state index in [0.29, 0.717) is 43.8 Å². The van der Waals surface area contributed by atoms with E-state index in [4.69, 9.17) is 4.42 Å². The lowest BCUT2D eigenvalue weighted by atomic mass is 10.1. The molecule has 0 saturated carbocycles. The van der Waals surface area contributed by atoms with Gasteiger partial charge in [0.1, 0.15) is 6.54 Å². The second-order valence-corrected chi connectivity index (χ2v) is 7.27. The van der Waals surface area contributed by atoms with E-state index in [1.54, 1.807) is 29.2 Å². The molecule has 2 heterocycles. The van der Waals surface area contributed by atoms with E-state index < -0.39 is 17.5 Å². The van der Waals surface area contributed by atoms with Gasteiger partial charge >= 0.3 is 11.9 Å². The first-order valence-electron chi connectivity index (χ1n) is 9.56. The minimum Gasteiger partial charge on any atom is -0.408 e. The van der Waals surface area contributed by atoms with Gasteiger partial charge in [-0.3, -0.25) is 14.3 Å². The van der Waals surface area contributed by atoms with Crippen LogP contribution >= 0.6 is 0 Å². The van der Waals surface area contributed by atoms with Crippen LogP contribution in [0.5, 0.6) is 0 Å². The van der Waals surface area contributed by atoms with Crippen molar-refractivity contribution in [3.63, 3.8) is 0 Å². The van der Waals surface area contributed by atoms with Crippen LogP contribution in [0.3, 0.4) is 0 Å². The van der Waals surface area contributed by atoms with E-state index in [9.17, 15) is 22.8 Å². The van der Waals surface area contributed by atoms with Crippen molar-refractivity contribution < 1.29 is 22.4 Å². The quantitative estimate of drug-likeness (QED) is 0.653. The maximum Gasteiger partial charge on any atom is 0.420 e. The number of hydrogen-bond donors (Lipinski definition) is 0. The number of para-hydroxylation sites is 2. The molecule has 0 unspecified atom stereocenters. The first-order valence-corrected chi connectivity index (χ1v) is 9.56. The molecule has 1 saturated heterocycles. The van der Waals surface area contributed by atoms with Crippen LogP contribution in [-0.4, -0.2) is 46.5 Å². The normalized spacial score (nSPS) is 15.6. The molecule has 6 nitrogen and oxygen atoms in total. The Balaban J connectivity index is 1.33. The van der Waals surface area contributed by atoms with Crippen molar-refractivity contribution in [2.45, 2.75) is 19.3 Å². The Bertz CT molecular complexity index is 1090. The van der Waals surface area contributed by atoms with Gasteiger partial charge in [0.15, 0.2) is 5.58 Å². The SMILES string of the molecule is O=C(Cn1c(=O)oc2ccccc21)N1CCN(Cc2ccc(C(F)(F)F)cc2)CC1. The summed E-state index contributed by atoms with van der Waals surface area (Å²) in [5.41, 5.74) is 1.15. The highest BCUT2D eigenvalue weighted by atomic mass is 19.4. The third kappa shape index (κ3) is 4.25. The molecule has 1 amide bonds. The summed E-state index contributed by atoms with van der Waals surface area (Å²) < 4.78 is 44.5. The van der Waals surface area contributed by atoms with Gasteiger partial charge in [-0.25, -0.2) is 4.79 Å². The highest BCUT2D eigenvalue weighted by Crippen LogP contribution is 2.29. The van der Waals surface area contributed by atoms with Crippen LogP contribution in [-0.2, 0) is 24.1 Å². The molecular weight excluding hydrogens is 399 g/mol. The van der Waals surface area contributed by atoms with E-state index in [2.05, 4.69) is 4.90 Å². The van der Waals surface area contributed by atoms with E-state index in [0.717, 1.165) is 17.7 Å². The Morgan fingerprint density at radius 1 is 0.967 bits per heavy atom. The van der Waals surface area contributed by atoms with Crippen LogP contribution in [0.25, 0.3) is 11.1 Å². The highest BCUT2D eigenvalue weighted by molar-refractivity contribution is 5.79. The van der Waals surface area contributed by atoms with Crippen molar-refractivity contribution in [2.75, 3.05) is 26.2 Å². The number of hydrogen-bond acceptors (Lipinski definition) is 4. The second kappa shape index (κ2) is 7.98. The number of halogens is 3. The van der Waals surface area contributed by atoms with Crippen LogP contribution in [0.2, 0.25) is 0 Å². The number of aromatic nitrogens is 1. The minimum absolute atomic E-state index is 0.0885. The van der Waals surface area contributed by atoms with E-state index in [1.165, 1.54) is 16.7 Å². The summed E-state index contributed by atoms with van der Waals surface area (Å²) in [5.74, 6) is -0.733. The summed E-state index contributed by atoms with van der Waals surface area (Å²) in [6, 6.07) is 12.1. The van der Waals surface area contributed by atoms with Crippen LogP contribution in [0.4, 0.5) is 13.2 Å². The molecule has 1 aliphatic heterocycles. The maximum atomic E-state index is 12.7. The lowest BCUT2D eigenvalue weighted by Gasteiger charge is -2.34. The van der Waals surface area contributed by atoms with Crippen LogP contribution in [0.1, 0.15) is 11.1 Å². The Hall–Kier alpha value is -3.07. The van der Waals surface area contributed by atoms with Gasteiger partial charge in [0, 0.05) is 32.7 Å². The number of piperazine rings is 1. The van der Waals surface area contributed by atoms with Gasteiger partial charge in [-0.15, -0.1) is 0 Å². The zero-order valence-corrected chi connectivity index (χ0v) is 16.1. The average molecular weight is 419 g/mol. The Labute approximate surface area is 170 Å². The molecule has 4 rings (SSSR count). The van der Waals surface area contributed by atoms with Crippen LogP contribution < -0.4 is 5.76 Å². The van der Waals surface area contributed by atoms with Gasteiger partial charge in [0.2, 0.25) is 5.91 Å². The molecule has 0 spiro atoms. The maximum absolute atomic E-state index is 12.7. The molecule has 3 aromatic rings. The molecule has 1 fully saturated rings. The number of amides is 1. The number of fused-ring (bicyclic) bond motifs is 1. The van der Waals surface area contributed by atoms with Crippen molar-refractivity contribution in [1.29, 1.82) is 0 Å². The largest absolute Gasteiger partial charge is 0.420 e. The number of alkyl halides is 3. The number of benzene rings is 2. The standard InChI is InChI=1S/C21H20F3N3O3/c22-21(23,24)16-7-5-15(6-8-16)13-25-9-11-26(12-10-25)19(28)14-27-17-3-1-2-4-18(17)30-20(27)29/h1-8H,9-14H2. The fraction of sp³-hybridized carbons (Fsp3) is 0.333. The Morgan fingerprint density at radius 3 is 2.30 bits per heavy atom. The smallest absolute Gasteiger partial charge is 0.408 e. The topological polar surface area (TPSA) is 58.7 Å². The average Bonchev–Trinajstić information content (AvgIpc) is 3.03. The van der Waals surface area contributed by atoms with Gasteiger partial charge in [-0.05, 0) is 29.8 Å². The first kappa shape index (κ1) is 20.2. The molecule has 2 aromatic carbocycles.